The van der Waals surface area contributed by atoms with Crippen molar-refractivity contribution in [1.82, 2.24) is 19.9 Å². The first-order valence-corrected chi connectivity index (χ1v) is 11.5. The molecule has 1 aliphatic rings. The van der Waals surface area contributed by atoms with Crippen molar-refractivity contribution in [1.29, 1.82) is 0 Å². The number of carbonyl (C=O) groups excluding carboxylic acids is 1. The number of nitrogens with one attached hydrogen (secondary N) is 1. The van der Waals surface area contributed by atoms with Gasteiger partial charge in [-0.1, -0.05) is 29.8 Å². The molecule has 0 spiro atoms. The van der Waals surface area contributed by atoms with E-state index in [1.165, 1.54) is 5.56 Å². The van der Waals surface area contributed by atoms with Gasteiger partial charge < -0.3 is 14.6 Å². The fourth-order valence-electron chi connectivity index (χ4n) is 4.38. The van der Waals surface area contributed by atoms with E-state index in [4.69, 9.17) is 4.42 Å². The SMILES string of the molecule is Cc1ccc(Cn2c(=O)c(N3CCC(C(=O)NCc4ccco4)CC3)nc3cccnc32)cc1. The van der Waals surface area contributed by atoms with Crippen LogP contribution in [0, 0.1) is 12.8 Å². The van der Waals surface area contributed by atoms with Gasteiger partial charge in [0.05, 0.1) is 19.4 Å². The lowest BCUT2D eigenvalue weighted by Gasteiger charge is -2.32. The van der Waals surface area contributed by atoms with E-state index in [1.807, 2.05) is 54.3 Å². The smallest absolute Gasteiger partial charge is 0.295 e. The lowest BCUT2D eigenvalue weighted by atomic mass is 9.96. The first-order valence-electron chi connectivity index (χ1n) is 11.5. The summed E-state index contributed by atoms with van der Waals surface area (Å²) >= 11 is 0. The number of piperidine rings is 1. The zero-order valence-electron chi connectivity index (χ0n) is 19.1. The van der Waals surface area contributed by atoms with E-state index in [9.17, 15) is 9.59 Å². The average Bonchev–Trinajstić information content (AvgIpc) is 3.39. The Kier molecular flexibility index (Phi) is 6.12. The highest BCUT2D eigenvalue weighted by molar-refractivity contribution is 5.79. The summed E-state index contributed by atoms with van der Waals surface area (Å²) in [6, 6.07) is 15.5. The molecule has 5 rings (SSSR count). The molecule has 1 aromatic carbocycles. The van der Waals surface area contributed by atoms with E-state index in [1.54, 1.807) is 23.1 Å². The Hall–Kier alpha value is -3.94. The van der Waals surface area contributed by atoms with Crippen molar-refractivity contribution >= 4 is 22.9 Å². The minimum atomic E-state index is -0.160. The third-order valence-electron chi connectivity index (χ3n) is 6.33. The number of hydrogen-bond acceptors (Lipinski definition) is 6. The lowest BCUT2D eigenvalue weighted by molar-refractivity contribution is -0.125. The molecular weight excluding hydrogens is 430 g/mol. The molecule has 0 atom stereocenters. The molecule has 1 aliphatic heterocycles. The third-order valence-corrected chi connectivity index (χ3v) is 6.33. The predicted molar refractivity (Wildman–Crippen MR) is 130 cm³/mol. The van der Waals surface area contributed by atoms with Gasteiger partial charge >= 0.3 is 0 Å². The van der Waals surface area contributed by atoms with Crippen LogP contribution in [0.25, 0.3) is 11.2 Å². The number of aryl methyl sites for hydroxylation is 1. The molecule has 4 heterocycles. The van der Waals surface area contributed by atoms with Crippen LogP contribution in [0.5, 0.6) is 0 Å². The van der Waals surface area contributed by atoms with E-state index in [2.05, 4.69) is 15.3 Å². The van der Waals surface area contributed by atoms with Crippen molar-refractivity contribution in [2.75, 3.05) is 18.0 Å². The number of nitrogens with zero attached hydrogens (tertiary/aromatic N) is 4. The number of carbonyl (C=O) groups is 1. The average molecular weight is 458 g/mol. The van der Waals surface area contributed by atoms with Gasteiger partial charge in [0, 0.05) is 25.2 Å². The van der Waals surface area contributed by atoms with E-state index < -0.39 is 0 Å². The topological polar surface area (TPSA) is 93.3 Å². The molecule has 3 aromatic heterocycles. The Balaban J connectivity index is 1.34. The number of amides is 1. The van der Waals surface area contributed by atoms with Crippen LogP contribution in [0.4, 0.5) is 5.82 Å². The van der Waals surface area contributed by atoms with Gasteiger partial charge in [-0.2, -0.15) is 0 Å². The molecule has 0 radical (unpaired) electrons. The van der Waals surface area contributed by atoms with Crippen molar-refractivity contribution in [2.24, 2.45) is 5.92 Å². The van der Waals surface area contributed by atoms with Crippen molar-refractivity contribution in [3.05, 3.63) is 88.2 Å². The van der Waals surface area contributed by atoms with Crippen molar-refractivity contribution in [3.8, 4) is 0 Å². The third kappa shape index (κ3) is 4.57. The van der Waals surface area contributed by atoms with Gasteiger partial charge in [-0.25, -0.2) is 9.97 Å². The van der Waals surface area contributed by atoms with Crippen molar-refractivity contribution in [2.45, 2.75) is 32.9 Å². The molecule has 174 valence electrons. The van der Waals surface area contributed by atoms with Crippen LogP contribution in [0.2, 0.25) is 0 Å². The lowest BCUT2D eigenvalue weighted by Crippen LogP contribution is -2.43. The molecule has 0 bridgehead atoms. The molecule has 8 nitrogen and oxygen atoms in total. The molecular formula is C26H27N5O3. The van der Waals surface area contributed by atoms with Crippen LogP contribution in [-0.4, -0.2) is 33.5 Å². The normalized spacial score (nSPS) is 14.4. The van der Waals surface area contributed by atoms with Crippen molar-refractivity contribution in [3.63, 3.8) is 0 Å². The van der Waals surface area contributed by atoms with Gasteiger partial charge in [0.2, 0.25) is 5.91 Å². The molecule has 1 fully saturated rings. The summed E-state index contributed by atoms with van der Waals surface area (Å²) < 4.78 is 6.98. The number of aromatic nitrogens is 3. The van der Waals surface area contributed by atoms with E-state index in [0.717, 1.165) is 11.3 Å². The zero-order chi connectivity index (χ0) is 23.5. The van der Waals surface area contributed by atoms with Crippen LogP contribution in [0.3, 0.4) is 0 Å². The summed E-state index contributed by atoms with van der Waals surface area (Å²) in [5.41, 5.74) is 3.30. The van der Waals surface area contributed by atoms with Crippen LogP contribution in [0.15, 0.2) is 70.2 Å². The summed E-state index contributed by atoms with van der Waals surface area (Å²) in [4.78, 5) is 37.2. The molecule has 8 heteroatoms. The van der Waals surface area contributed by atoms with Gasteiger partial charge in [0.1, 0.15) is 11.3 Å². The van der Waals surface area contributed by atoms with Gasteiger partial charge in [-0.3, -0.25) is 14.2 Å². The Morgan fingerprint density at radius 3 is 2.65 bits per heavy atom. The second kappa shape index (κ2) is 9.51. The fourth-order valence-corrected chi connectivity index (χ4v) is 4.38. The first kappa shape index (κ1) is 21.9. The summed E-state index contributed by atoms with van der Waals surface area (Å²) in [7, 11) is 0. The second-order valence-corrected chi connectivity index (χ2v) is 8.72. The molecule has 0 aliphatic carbocycles. The number of rotatable bonds is 6. The molecule has 0 saturated carbocycles. The summed E-state index contributed by atoms with van der Waals surface area (Å²) in [5, 5.41) is 2.94. The Morgan fingerprint density at radius 2 is 1.91 bits per heavy atom. The van der Waals surface area contributed by atoms with Gasteiger partial charge in [0.15, 0.2) is 11.5 Å². The number of furan rings is 1. The molecule has 1 saturated heterocycles. The number of anilines is 1. The van der Waals surface area contributed by atoms with E-state index in [0.29, 0.717) is 56.0 Å². The van der Waals surface area contributed by atoms with Crippen molar-refractivity contribution < 1.29 is 9.21 Å². The largest absolute Gasteiger partial charge is 0.467 e. The highest BCUT2D eigenvalue weighted by Crippen LogP contribution is 2.22. The van der Waals surface area contributed by atoms with Crippen LogP contribution < -0.4 is 15.8 Å². The van der Waals surface area contributed by atoms with Gasteiger partial charge in [-0.15, -0.1) is 0 Å². The fraction of sp³-hybridized carbons (Fsp3) is 0.308. The van der Waals surface area contributed by atoms with Crippen LogP contribution >= 0.6 is 0 Å². The van der Waals surface area contributed by atoms with Crippen LogP contribution in [-0.2, 0) is 17.9 Å². The number of pyridine rings is 1. The van der Waals surface area contributed by atoms with Crippen LogP contribution in [0.1, 0.15) is 29.7 Å². The number of hydrogen-bond donors (Lipinski definition) is 1. The second-order valence-electron chi connectivity index (χ2n) is 8.72. The monoisotopic (exact) mass is 457 g/mol. The predicted octanol–water partition coefficient (Wildman–Crippen LogP) is 3.27. The van der Waals surface area contributed by atoms with E-state index in [-0.39, 0.29) is 17.4 Å². The molecule has 34 heavy (non-hydrogen) atoms. The molecule has 1 amide bonds. The maximum absolute atomic E-state index is 13.5. The summed E-state index contributed by atoms with van der Waals surface area (Å²) in [6.07, 6.45) is 4.60. The summed E-state index contributed by atoms with van der Waals surface area (Å²) in [6.45, 7) is 4.04. The van der Waals surface area contributed by atoms with Gasteiger partial charge in [0.25, 0.3) is 5.56 Å². The summed E-state index contributed by atoms with van der Waals surface area (Å²) in [5.74, 6) is 1.07. The highest BCUT2D eigenvalue weighted by atomic mass is 16.3. The Labute approximate surface area is 197 Å². The minimum Gasteiger partial charge on any atom is -0.467 e. The Morgan fingerprint density at radius 1 is 1.12 bits per heavy atom. The molecule has 4 aromatic rings. The Bertz CT molecular complexity index is 1340. The maximum atomic E-state index is 13.5. The number of fused-ring (bicyclic) bond motifs is 1. The standard InChI is InChI=1S/C26H27N5O3/c1-18-6-8-19(9-7-18)17-31-23-22(5-2-12-27-23)29-24(26(31)33)30-13-10-20(11-14-30)25(32)28-16-21-4-3-15-34-21/h2-9,12,15,20H,10-11,13-14,16-17H2,1H3,(H,28,32). The van der Waals surface area contributed by atoms with E-state index >= 15 is 0 Å². The molecule has 0 unspecified atom stereocenters. The minimum absolute atomic E-state index is 0.0171. The number of benzene rings is 1. The quantitative estimate of drug-likeness (QED) is 0.478. The highest BCUT2D eigenvalue weighted by Gasteiger charge is 2.27. The van der Waals surface area contributed by atoms with Gasteiger partial charge in [-0.05, 0) is 49.6 Å². The molecule has 1 N–H and O–H groups in total. The maximum Gasteiger partial charge on any atom is 0.295 e. The first-order chi connectivity index (χ1) is 16.6. The zero-order valence-corrected chi connectivity index (χ0v) is 19.1.